The third-order valence-electron chi connectivity index (χ3n) is 21.8. The van der Waals surface area contributed by atoms with Crippen molar-refractivity contribution in [2.24, 2.45) is 0 Å². The maximum Gasteiger partial charge on any atom is 0.264 e. The monoisotopic (exact) mass is 1330 g/mol. The topological polar surface area (TPSA) is 36.0 Å². The van der Waals surface area contributed by atoms with Crippen LogP contribution >= 0.6 is 11.3 Å². The van der Waals surface area contributed by atoms with Crippen molar-refractivity contribution in [2.75, 3.05) is 14.7 Å². The quantitative estimate of drug-likeness (QED) is 0.0953. The molecule has 12 aromatic carbocycles. The van der Waals surface area contributed by atoms with Crippen LogP contribution in [0, 0.1) is 0 Å². The zero-order valence-corrected chi connectivity index (χ0v) is 61.4. The van der Waals surface area contributed by atoms with Crippen LogP contribution in [-0.2, 0) is 10.8 Å². The molecule has 2 aliphatic rings. The highest BCUT2D eigenvalue weighted by Crippen LogP contribution is 2.53. The number of benzene rings is 12. The summed E-state index contributed by atoms with van der Waals surface area (Å²) in [5, 5.41) is 9.42. The van der Waals surface area contributed by atoms with Gasteiger partial charge in [0.25, 0.3) is 6.71 Å². The highest BCUT2D eigenvalue weighted by atomic mass is 32.1. The summed E-state index contributed by atoms with van der Waals surface area (Å²) in [7, 11) is -3.28. The average Bonchev–Trinajstić information content (AvgIpc) is 1.21. The molecule has 100 heavy (non-hydrogen) atoms. The third-order valence-corrected chi connectivity index (χ3v) is 28.8. The van der Waals surface area contributed by atoms with E-state index in [-0.39, 0.29) is 22.6 Å². The molecular weight excluding hydrogens is 1250 g/mol. The van der Waals surface area contributed by atoms with E-state index in [9.17, 15) is 0 Å². The van der Waals surface area contributed by atoms with Crippen molar-refractivity contribution < 1.29 is 8.83 Å². The summed E-state index contributed by atoms with van der Waals surface area (Å²) >= 11 is 1.95. The van der Waals surface area contributed by atoms with Crippen LogP contribution in [0.15, 0.2) is 270 Å². The molecule has 0 fully saturated rings. The Hall–Kier alpha value is -10.1. The van der Waals surface area contributed by atoms with E-state index in [0.29, 0.717) is 11.8 Å². The van der Waals surface area contributed by atoms with Gasteiger partial charge < -0.3 is 23.5 Å². The minimum atomic E-state index is -3.28. The first-order chi connectivity index (χ1) is 48.1. The smallest absolute Gasteiger partial charge is 0.264 e. The molecule has 0 bridgehead atoms. The van der Waals surface area contributed by atoms with Gasteiger partial charge in [-0.2, -0.15) is 0 Å². The lowest BCUT2D eigenvalue weighted by Crippen LogP contribution is -2.72. The number of thiophene rings is 1. The van der Waals surface area contributed by atoms with Gasteiger partial charge in [0.1, 0.15) is 16.7 Å². The number of hydrogen-bond acceptors (Lipinski definition) is 6. The van der Waals surface area contributed by atoms with E-state index in [1.54, 1.807) is 0 Å². The fourth-order valence-electron chi connectivity index (χ4n) is 16.7. The summed E-state index contributed by atoms with van der Waals surface area (Å²) in [6, 6.07) is 99.7. The van der Waals surface area contributed by atoms with Crippen molar-refractivity contribution in [1.29, 1.82) is 0 Å². The van der Waals surface area contributed by atoms with Crippen molar-refractivity contribution in [3.05, 3.63) is 283 Å². The van der Waals surface area contributed by atoms with Gasteiger partial charge in [-0.1, -0.05) is 260 Å². The zero-order valence-electron chi connectivity index (χ0n) is 59.6. The normalized spacial score (nSPS) is 13.4. The number of nitrogens with zero attached hydrogens (tertiary/aromatic N) is 3. The van der Waals surface area contributed by atoms with Gasteiger partial charge in [0, 0.05) is 82.2 Å². The molecule has 3 aromatic heterocycles. The Morgan fingerprint density at radius 2 is 0.990 bits per heavy atom. The molecule has 0 aliphatic carbocycles. The number of para-hydroxylation sites is 4. The van der Waals surface area contributed by atoms with Gasteiger partial charge >= 0.3 is 0 Å². The van der Waals surface area contributed by atoms with Crippen LogP contribution in [0.5, 0.6) is 0 Å². The first kappa shape index (κ1) is 63.3. The Kier molecular flexibility index (Phi) is 14.9. The molecule has 0 N–H and O–H groups in total. The van der Waals surface area contributed by atoms with Crippen molar-refractivity contribution in [2.45, 2.75) is 118 Å². The van der Waals surface area contributed by atoms with Crippen LogP contribution in [0.4, 0.5) is 51.2 Å². The fourth-order valence-corrected chi connectivity index (χ4v) is 23.6. The first-order valence-corrected chi connectivity index (χ1v) is 38.5. The maximum atomic E-state index is 7.36. The van der Waals surface area contributed by atoms with E-state index in [2.05, 4.69) is 366 Å². The summed E-state index contributed by atoms with van der Waals surface area (Å²) in [5.41, 5.74) is 23.2. The van der Waals surface area contributed by atoms with Crippen molar-refractivity contribution >= 4 is 163 Å². The van der Waals surface area contributed by atoms with Crippen molar-refractivity contribution in [3.63, 3.8) is 0 Å². The Bertz CT molecular complexity index is 5650. The number of fused-ring (bicyclic) bond motifs is 12. The Morgan fingerprint density at radius 3 is 1.64 bits per heavy atom. The highest BCUT2D eigenvalue weighted by Gasteiger charge is 2.53. The zero-order chi connectivity index (χ0) is 68.9. The Morgan fingerprint density at radius 1 is 0.420 bits per heavy atom. The maximum absolute atomic E-state index is 7.36. The average molecular weight is 1330 g/mol. The number of hydrogen-bond donors (Lipinski definition) is 0. The van der Waals surface area contributed by atoms with Crippen LogP contribution in [0.25, 0.3) is 65.1 Å². The summed E-state index contributed by atoms with van der Waals surface area (Å²) in [4.78, 5) is 7.80. The molecule has 8 heteroatoms. The predicted octanol–water partition coefficient (Wildman–Crippen LogP) is 23.0. The minimum Gasteiger partial charge on any atom is -0.456 e. The molecule has 2 aliphatic heterocycles. The molecule has 17 rings (SSSR count). The molecule has 5 nitrogen and oxygen atoms in total. The molecule has 0 saturated heterocycles. The fraction of sp³-hybridized carbons (Fsp3) is 0.196. The van der Waals surface area contributed by atoms with Crippen LogP contribution in [0.2, 0.25) is 5.04 Å². The molecule has 0 spiro atoms. The van der Waals surface area contributed by atoms with E-state index in [1.165, 1.54) is 69.3 Å². The molecule has 0 saturated carbocycles. The highest BCUT2D eigenvalue weighted by molar-refractivity contribution is 7.33. The molecule has 15 aromatic rings. The van der Waals surface area contributed by atoms with Crippen molar-refractivity contribution in [3.8, 4) is 11.1 Å². The van der Waals surface area contributed by atoms with Gasteiger partial charge in [-0.15, -0.1) is 11.3 Å². The van der Waals surface area contributed by atoms with Gasteiger partial charge in [0.2, 0.25) is 0 Å². The van der Waals surface area contributed by atoms with Crippen LogP contribution in [-0.4, -0.2) is 14.8 Å². The SMILES string of the molecule is CC(C)c1ccc([Si](c2ccc(C(C)C)cc2)(c2cc3c4c(c2)N(c2cccc5c2oc2ccccc25)c2cc(N(c5ccc(C(C)(C)C)cc5)c5ccccc5-c5ccccc5)ccc2B4c2sc4ccc(C(C)(C)C)cc4c2N3c2ccc3c(c2)oc2ccccc23)C(C)(C)C)cc1. The lowest BCUT2D eigenvalue weighted by Gasteiger charge is -2.48. The second kappa shape index (κ2) is 23.5. The van der Waals surface area contributed by atoms with E-state index < -0.39 is 8.07 Å². The number of rotatable bonds is 11. The van der Waals surface area contributed by atoms with E-state index in [1.807, 2.05) is 11.3 Å². The van der Waals surface area contributed by atoms with Gasteiger partial charge in [0.15, 0.2) is 13.7 Å². The second-order valence-electron chi connectivity index (χ2n) is 31.7. The summed E-state index contributed by atoms with van der Waals surface area (Å²) < 4.78 is 16.9. The lowest BCUT2D eigenvalue weighted by atomic mass is 9.36. The van der Waals surface area contributed by atoms with E-state index >= 15 is 0 Å². The van der Waals surface area contributed by atoms with Crippen LogP contribution in [0.1, 0.15) is 124 Å². The summed E-state index contributed by atoms with van der Waals surface area (Å²) in [6.45, 7) is 30.6. The van der Waals surface area contributed by atoms with Crippen LogP contribution in [0.3, 0.4) is 0 Å². The van der Waals surface area contributed by atoms with E-state index in [4.69, 9.17) is 8.83 Å². The molecule has 0 atom stereocenters. The Balaban J connectivity index is 1.05. The van der Waals surface area contributed by atoms with Crippen LogP contribution < -0.4 is 46.0 Å². The predicted molar refractivity (Wildman–Crippen MR) is 433 cm³/mol. The molecular formula is C92H84BN3O2SSi. The molecule has 492 valence electrons. The summed E-state index contributed by atoms with van der Waals surface area (Å²) in [5.74, 6) is 0.734. The standard InChI is InChI=1S/C92H84BN3O2SSi/c1-57(2)59-34-45-67(46-35-59)100(92(11,12)13,68-47-36-60(37-48-68)58(3)4)69-55-80-86-81(56-69)96(78-31-23-29-74-72-28-19-22-33-83(72)98-88(74)78)79-53-65(94(64-41-38-62(39-42-64)90(5,6)7)77-30-20-17-26-70(77)61-24-15-14-16-25-61)44-50-76(79)93(86)89-87(75-52-63(91(8,9)10)40-51-85(75)99-89)95(80)66-43-49-73-71-27-18-21-32-82(71)97-84(73)54-66/h14-58H,1-13H3. The second-order valence-corrected chi connectivity index (χ2v) is 37.5. The number of anilines is 9. The first-order valence-electron chi connectivity index (χ1n) is 35.7. The van der Waals surface area contributed by atoms with Gasteiger partial charge in [0.05, 0.1) is 17.1 Å². The van der Waals surface area contributed by atoms with Gasteiger partial charge in [-0.25, -0.2) is 0 Å². The Labute approximate surface area is 594 Å². The van der Waals surface area contributed by atoms with Gasteiger partial charge in [-0.3, -0.25) is 0 Å². The third kappa shape index (κ3) is 10.1. The minimum absolute atomic E-state index is 0.0432. The molecule has 0 amide bonds. The van der Waals surface area contributed by atoms with Crippen molar-refractivity contribution in [1.82, 2.24) is 0 Å². The van der Waals surface area contributed by atoms with E-state index in [0.717, 1.165) is 101 Å². The molecule has 0 radical (unpaired) electrons. The summed E-state index contributed by atoms with van der Waals surface area (Å²) in [6.07, 6.45) is 0. The van der Waals surface area contributed by atoms with Gasteiger partial charge in [-0.05, 0) is 167 Å². The largest absolute Gasteiger partial charge is 0.456 e. The number of furan rings is 2. The molecule has 5 heterocycles. The molecule has 0 unspecified atom stereocenters. The lowest BCUT2D eigenvalue weighted by molar-refractivity contribution is 0.590.